The number of rotatable bonds is 11. The molecule has 1 aromatic heterocycles. The first-order valence-corrected chi connectivity index (χ1v) is 18.3. The minimum atomic E-state index is -2.63. The molecule has 148 valence electrons. The summed E-state index contributed by atoms with van der Waals surface area (Å²) >= 11 is -2.63. The molecule has 2 rings (SSSR count). The van der Waals surface area contributed by atoms with Gasteiger partial charge >= 0.3 is 170 Å². The number of benzene rings is 1. The molecule has 0 aliphatic rings. The summed E-state index contributed by atoms with van der Waals surface area (Å²) < 4.78 is 11.5. The Hall–Kier alpha value is -1.03. The molecular formula is C24H36O2Sn. The molecular weight excluding hydrogens is 439 g/mol. The molecule has 1 aromatic carbocycles. The molecule has 0 N–H and O–H groups in total. The van der Waals surface area contributed by atoms with Crippen LogP contribution in [0.2, 0.25) is 13.3 Å². The summed E-state index contributed by atoms with van der Waals surface area (Å²) in [5.74, 6) is 0.902. The molecule has 0 saturated heterocycles. The molecule has 0 atom stereocenters. The molecule has 0 fully saturated rings. The van der Waals surface area contributed by atoms with Gasteiger partial charge < -0.3 is 0 Å². The second-order valence-corrected chi connectivity index (χ2v) is 21.0. The maximum atomic E-state index is 12.6. The van der Waals surface area contributed by atoms with E-state index in [-0.39, 0.29) is 5.63 Å². The van der Waals surface area contributed by atoms with Gasteiger partial charge in [-0.2, -0.15) is 0 Å². The molecule has 0 saturated carbocycles. The second-order valence-electron chi connectivity index (χ2n) is 7.87. The van der Waals surface area contributed by atoms with E-state index in [2.05, 4.69) is 26.8 Å². The monoisotopic (exact) mass is 476 g/mol. The van der Waals surface area contributed by atoms with E-state index in [1.807, 2.05) is 37.3 Å². The number of hydrogen-bond donors (Lipinski definition) is 0. The van der Waals surface area contributed by atoms with Crippen molar-refractivity contribution in [1.29, 1.82) is 0 Å². The van der Waals surface area contributed by atoms with Crippen molar-refractivity contribution >= 4 is 22.0 Å². The van der Waals surface area contributed by atoms with Crippen LogP contribution in [0.15, 0.2) is 45.6 Å². The number of unbranched alkanes of at least 4 members (excludes halogenated alkanes) is 3. The summed E-state index contributed by atoms with van der Waals surface area (Å²) in [5.41, 5.74) is 1.54. The standard InChI is InChI=1S/C12H9O2.3C4H9.Sn/c1-9-7-8-11(12(13)14-9)10-5-3-2-4-6-10;3*1-3-4-2;/h2-6,8H,1H3;3*1,3-4H2,2H3;. The van der Waals surface area contributed by atoms with E-state index in [9.17, 15) is 4.79 Å². The third-order valence-electron chi connectivity index (χ3n) is 5.82. The molecule has 2 nitrogen and oxygen atoms in total. The van der Waals surface area contributed by atoms with Crippen molar-refractivity contribution in [2.75, 3.05) is 0 Å². The summed E-state index contributed by atoms with van der Waals surface area (Å²) in [6.07, 6.45) is 7.67. The Balaban J connectivity index is 2.59. The molecule has 0 amide bonds. The third-order valence-corrected chi connectivity index (χ3v) is 21.7. The van der Waals surface area contributed by atoms with Crippen LogP contribution in [0.25, 0.3) is 11.1 Å². The molecule has 0 spiro atoms. The van der Waals surface area contributed by atoms with Crippen molar-refractivity contribution in [3.63, 3.8) is 0 Å². The fraction of sp³-hybridized carbons (Fsp3) is 0.542. The van der Waals surface area contributed by atoms with Crippen molar-refractivity contribution in [2.45, 2.75) is 79.5 Å². The Morgan fingerprint density at radius 3 is 1.85 bits per heavy atom. The predicted molar refractivity (Wildman–Crippen MR) is 120 cm³/mol. The van der Waals surface area contributed by atoms with Crippen LogP contribution in [0.1, 0.15) is 65.1 Å². The van der Waals surface area contributed by atoms with Gasteiger partial charge in [-0.3, -0.25) is 0 Å². The van der Waals surface area contributed by atoms with Gasteiger partial charge in [-0.05, 0) is 0 Å². The number of aryl methyl sites for hydroxylation is 1. The van der Waals surface area contributed by atoms with Crippen LogP contribution in [0.5, 0.6) is 0 Å². The SMILES string of the molecule is CCC[CH2][Sn]([CH2]CCC)([CH2]CCC)[c]1cc(-c2ccccc2)c(=O)oc1C. The van der Waals surface area contributed by atoms with Crippen LogP contribution in [-0.2, 0) is 0 Å². The predicted octanol–water partition coefficient (Wildman–Crippen LogP) is 6.67. The topological polar surface area (TPSA) is 30.2 Å². The van der Waals surface area contributed by atoms with Gasteiger partial charge in [-0.25, -0.2) is 0 Å². The quantitative estimate of drug-likeness (QED) is 0.340. The average molecular weight is 475 g/mol. The van der Waals surface area contributed by atoms with Crippen LogP contribution in [-0.4, -0.2) is 18.4 Å². The first-order valence-electron chi connectivity index (χ1n) is 10.8. The molecule has 2 aromatic rings. The first kappa shape index (κ1) is 22.3. The van der Waals surface area contributed by atoms with Crippen LogP contribution in [0.3, 0.4) is 0 Å². The zero-order valence-electron chi connectivity index (χ0n) is 17.6. The normalized spacial score (nSPS) is 11.7. The van der Waals surface area contributed by atoms with E-state index in [1.165, 1.54) is 55.4 Å². The molecule has 3 heteroatoms. The fourth-order valence-electron chi connectivity index (χ4n) is 4.22. The van der Waals surface area contributed by atoms with Gasteiger partial charge in [-0.1, -0.05) is 0 Å². The molecule has 0 bridgehead atoms. The van der Waals surface area contributed by atoms with E-state index in [1.54, 1.807) is 0 Å². The van der Waals surface area contributed by atoms with Crippen molar-refractivity contribution in [1.82, 2.24) is 0 Å². The molecule has 1 heterocycles. The van der Waals surface area contributed by atoms with Gasteiger partial charge in [0.25, 0.3) is 0 Å². The van der Waals surface area contributed by atoms with E-state index in [0.29, 0.717) is 0 Å². The first-order chi connectivity index (χ1) is 13.1. The van der Waals surface area contributed by atoms with Gasteiger partial charge in [0.15, 0.2) is 0 Å². The van der Waals surface area contributed by atoms with Crippen LogP contribution < -0.4 is 9.20 Å². The van der Waals surface area contributed by atoms with Crippen molar-refractivity contribution in [2.24, 2.45) is 0 Å². The van der Waals surface area contributed by atoms with Gasteiger partial charge in [-0.15, -0.1) is 0 Å². The Morgan fingerprint density at radius 2 is 1.37 bits per heavy atom. The molecule has 0 aliphatic heterocycles. The van der Waals surface area contributed by atoms with Gasteiger partial charge in [0, 0.05) is 0 Å². The Kier molecular flexibility index (Phi) is 9.14. The van der Waals surface area contributed by atoms with Crippen molar-refractivity contribution in [3.05, 3.63) is 52.6 Å². The van der Waals surface area contributed by atoms with E-state index < -0.39 is 18.4 Å². The molecule has 0 radical (unpaired) electrons. The average Bonchev–Trinajstić information content (AvgIpc) is 2.69. The minimum absolute atomic E-state index is 0.191. The summed E-state index contributed by atoms with van der Waals surface area (Å²) in [7, 11) is 0. The van der Waals surface area contributed by atoms with Gasteiger partial charge in [0.1, 0.15) is 0 Å². The van der Waals surface area contributed by atoms with Crippen molar-refractivity contribution in [3.8, 4) is 11.1 Å². The molecule has 0 unspecified atom stereocenters. The Morgan fingerprint density at radius 1 is 0.852 bits per heavy atom. The van der Waals surface area contributed by atoms with Crippen LogP contribution in [0, 0.1) is 6.92 Å². The van der Waals surface area contributed by atoms with Gasteiger partial charge in [0.2, 0.25) is 0 Å². The van der Waals surface area contributed by atoms with Gasteiger partial charge in [0.05, 0.1) is 0 Å². The number of hydrogen-bond acceptors (Lipinski definition) is 2. The summed E-state index contributed by atoms with van der Waals surface area (Å²) in [6.45, 7) is 8.91. The fourth-order valence-corrected chi connectivity index (χ4v) is 21.1. The second kappa shape index (κ2) is 11.1. The maximum absolute atomic E-state index is 12.6. The summed E-state index contributed by atoms with van der Waals surface area (Å²) in [6, 6.07) is 12.3. The van der Waals surface area contributed by atoms with Crippen LogP contribution in [0.4, 0.5) is 0 Å². The van der Waals surface area contributed by atoms with E-state index in [0.717, 1.165) is 16.9 Å². The van der Waals surface area contributed by atoms with Crippen LogP contribution >= 0.6 is 0 Å². The molecule has 27 heavy (non-hydrogen) atoms. The molecule has 0 aliphatic carbocycles. The van der Waals surface area contributed by atoms with E-state index in [4.69, 9.17) is 4.42 Å². The Labute approximate surface area is 169 Å². The summed E-state index contributed by atoms with van der Waals surface area (Å²) in [4.78, 5) is 12.6. The summed E-state index contributed by atoms with van der Waals surface area (Å²) in [5, 5.41) is 0. The zero-order valence-corrected chi connectivity index (χ0v) is 20.5. The Bertz CT molecular complexity index is 727. The van der Waals surface area contributed by atoms with E-state index >= 15 is 0 Å². The zero-order chi connectivity index (χ0) is 19.7. The van der Waals surface area contributed by atoms with Crippen molar-refractivity contribution < 1.29 is 4.42 Å². The third kappa shape index (κ3) is 5.72.